The Balaban J connectivity index is 1.94. The molecule has 0 aromatic heterocycles. The normalized spacial score (nSPS) is 29.4. The predicted molar refractivity (Wildman–Crippen MR) is 73.9 cm³/mol. The maximum Gasteiger partial charge on any atom is 0.0294 e. The average Bonchev–Trinajstić information content (AvgIpc) is 2.26. The Hall–Kier alpha value is -0.600. The van der Waals surface area contributed by atoms with Gasteiger partial charge < -0.3 is 11.1 Å². The minimum absolute atomic E-state index is 0.214. The second-order valence-electron chi connectivity index (χ2n) is 6.51. The van der Waals surface area contributed by atoms with E-state index in [-0.39, 0.29) is 5.54 Å². The van der Waals surface area contributed by atoms with Crippen LogP contribution in [0.3, 0.4) is 0 Å². The lowest BCUT2D eigenvalue weighted by Gasteiger charge is -2.31. The van der Waals surface area contributed by atoms with Crippen molar-refractivity contribution in [3.8, 4) is 0 Å². The molecule has 0 heterocycles. The van der Waals surface area contributed by atoms with Crippen LogP contribution in [-0.2, 0) is 0 Å². The highest BCUT2D eigenvalue weighted by Crippen LogP contribution is 2.33. The molecule has 2 aliphatic rings. The van der Waals surface area contributed by atoms with E-state index in [0.717, 1.165) is 13.0 Å². The van der Waals surface area contributed by atoms with Crippen molar-refractivity contribution in [1.29, 1.82) is 0 Å². The summed E-state index contributed by atoms with van der Waals surface area (Å²) in [6.07, 6.45) is 9.55. The summed E-state index contributed by atoms with van der Waals surface area (Å²) >= 11 is 0. The molecule has 0 spiro atoms. The molecule has 0 radical (unpaired) electrons. The Morgan fingerprint density at radius 2 is 2.18 bits per heavy atom. The third-order valence-corrected chi connectivity index (χ3v) is 3.75. The van der Waals surface area contributed by atoms with Gasteiger partial charge in [-0.2, -0.15) is 0 Å². The molecular weight excluding hydrogens is 208 g/mol. The first-order valence-electron chi connectivity index (χ1n) is 6.86. The summed E-state index contributed by atoms with van der Waals surface area (Å²) < 4.78 is 0. The molecule has 1 unspecified atom stereocenters. The van der Waals surface area contributed by atoms with Crippen LogP contribution in [0.25, 0.3) is 0 Å². The Morgan fingerprint density at radius 3 is 2.88 bits per heavy atom. The van der Waals surface area contributed by atoms with E-state index < -0.39 is 0 Å². The first-order valence-corrected chi connectivity index (χ1v) is 6.86. The molecule has 96 valence electrons. The van der Waals surface area contributed by atoms with E-state index in [4.69, 9.17) is 5.73 Å². The van der Waals surface area contributed by atoms with Crippen LogP contribution in [0, 0.1) is 5.92 Å². The van der Waals surface area contributed by atoms with Crippen LogP contribution >= 0.6 is 0 Å². The van der Waals surface area contributed by atoms with Crippen LogP contribution in [0.1, 0.15) is 46.5 Å². The topological polar surface area (TPSA) is 38.0 Å². The zero-order valence-electron chi connectivity index (χ0n) is 11.4. The van der Waals surface area contributed by atoms with Crippen LogP contribution in [-0.4, -0.2) is 18.1 Å². The van der Waals surface area contributed by atoms with Crippen molar-refractivity contribution < 1.29 is 0 Å². The standard InChI is InChI=1S/C15H26N2/c1-15(2,3)17-10-11-7-8-13-12(9-11)5-4-6-14(13)16/h7-8,11,14,17H,4-6,9-10,16H2,1-3H3/t11?,14-/m1/s1. The van der Waals surface area contributed by atoms with Gasteiger partial charge in [0.2, 0.25) is 0 Å². The number of rotatable bonds is 2. The molecule has 0 saturated heterocycles. The van der Waals surface area contributed by atoms with E-state index in [0.29, 0.717) is 12.0 Å². The minimum atomic E-state index is 0.214. The van der Waals surface area contributed by atoms with Gasteiger partial charge in [0, 0.05) is 18.1 Å². The van der Waals surface area contributed by atoms with Gasteiger partial charge in [0.25, 0.3) is 0 Å². The van der Waals surface area contributed by atoms with Gasteiger partial charge in [-0.25, -0.2) is 0 Å². The smallest absolute Gasteiger partial charge is 0.0294 e. The maximum atomic E-state index is 6.15. The van der Waals surface area contributed by atoms with E-state index in [9.17, 15) is 0 Å². The Morgan fingerprint density at radius 1 is 1.41 bits per heavy atom. The van der Waals surface area contributed by atoms with Crippen LogP contribution in [0.5, 0.6) is 0 Å². The minimum Gasteiger partial charge on any atom is -0.324 e. The third kappa shape index (κ3) is 3.43. The lowest BCUT2D eigenvalue weighted by atomic mass is 9.79. The van der Waals surface area contributed by atoms with Gasteiger partial charge in [-0.15, -0.1) is 0 Å². The molecule has 0 aromatic carbocycles. The van der Waals surface area contributed by atoms with Crippen LogP contribution in [0.4, 0.5) is 0 Å². The Kier molecular flexibility index (Phi) is 3.74. The van der Waals surface area contributed by atoms with Crippen molar-refractivity contribution in [2.24, 2.45) is 11.7 Å². The van der Waals surface area contributed by atoms with E-state index >= 15 is 0 Å². The molecule has 0 aliphatic heterocycles. The van der Waals surface area contributed by atoms with Gasteiger partial charge in [-0.1, -0.05) is 17.7 Å². The molecule has 2 aliphatic carbocycles. The highest BCUT2D eigenvalue weighted by molar-refractivity contribution is 5.36. The molecule has 2 rings (SSSR count). The molecule has 2 nitrogen and oxygen atoms in total. The molecule has 17 heavy (non-hydrogen) atoms. The summed E-state index contributed by atoms with van der Waals surface area (Å²) in [7, 11) is 0. The second kappa shape index (κ2) is 4.95. The van der Waals surface area contributed by atoms with Gasteiger partial charge in [-0.3, -0.25) is 0 Å². The van der Waals surface area contributed by atoms with E-state index in [2.05, 4.69) is 38.2 Å². The van der Waals surface area contributed by atoms with E-state index in [1.165, 1.54) is 24.8 Å². The molecule has 0 saturated carbocycles. The average molecular weight is 234 g/mol. The lowest BCUT2D eigenvalue weighted by Crippen LogP contribution is -2.39. The summed E-state index contributed by atoms with van der Waals surface area (Å²) in [6, 6.07) is 0.298. The van der Waals surface area contributed by atoms with E-state index in [1.54, 1.807) is 5.57 Å². The largest absolute Gasteiger partial charge is 0.324 e. The van der Waals surface area contributed by atoms with Crippen LogP contribution in [0.15, 0.2) is 23.3 Å². The van der Waals surface area contributed by atoms with Crippen molar-refractivity contribution in [1.82, 2.24) is 5.32 Å². The molecule has 0 aromatic rings. The lowest BCUT2D eigenvalue weighted by molar-refractivity contribution is 0.390. The summed E-state index contributed by atoms with van der Waals surface area (Å²) in [5, 5.41) is 3.59. The SMILES string of the molecule is CC(C)(C)NCC1C=CC2=C(CCC[C@H]2N)C1. The van der Waals surface area contributed by atoms with Gasteiger partial charge in [0.1, 0.15) is 0 Å². The molecule has 0 amide bonds. The molecule has 2 atom stereocenters. The van der Waals surface area contributed by atoms with Gasteiger partial charge in [0.05, 0.1) is 0 Å². The number of nitrogens with two attached hydrogens (primary N) is 1. The van der Waals surface area contributed by atoms with Crippen molar-refractivity contribution in [2.45, 2.75) is 58.0 Å². The fourth-order valence-electron chi connectivity index (χ4n) is 2.76. The highest BCUT2D eigenvalue weighted by atomic mass is 14.9. The number of hydrogen-bond acceptors (Lipinski definition) is 2. The van der Waals surface area contributed by atoms with Gasteiger partial charge >= 0.3 is 0 Å². The van der Waals surface area contributed by atoms with Crippen LogP contribution in [0.2, 0.25) is 0 Å². The monoisotopic (exact) mass is 234 g/mol. The summed E-state index contributed by atoms with van der Waals surface area (Å²) in [5.41, 5.74) is 9.42. The van der Waals surface area contributed by atoms with Gasteiger partial charge in [0.15, 0.2) is 0 Å². The number of nitrogens with one attached hydrogen (secondary N) is 1. The molecule has 0 bridgehead atoms. The molecule has 0 fully saturated rings. The van der Waals surface area contributed by atoms with Crippen molar-refractivity contribution >= 4 is 0 Å². The second-order valence-corrected chi connectivity index (χ2v) is 6.51. The predicted octanol–water partition coefficient (Wildman–Crippen LogP) is 2.76. The zero-order chi connectivity index (χ0) is 12.5. The maximum absolute atomic E-state index is 6.15. The molecule has 3 N–H and O–H groups in total. The number of allylic oxidation sites excluding steroid dienone is 1. The fourth-order valence-corrected chi connectivity index (χ4v) is 2.76. The first-order chi connectivity index (χ1) is 7.96. The fraction of sp³-hybridized carbons (Fsp3) is 0.733. The number of hydrogen-bond donors (Lipinski definition) is 2. The Labute approximate surface area is 105 Å². The molecule has 2 heteroatoms. The molecular formula is C15H26N2. The van der Waals surface area contributed by atoms with Gasteiger partial charge in [-0.05, 0) is 57.9 Å². The third-order valence-electron chi connectivity index (χ3n) is 3.75. The Bertz CT molecular complexity index is 333. The van der Waals surface area contributed by atoms with Crippen molar-refractivity contribution in [3.05, 3.63) is 23.3 Å². The quantitative estimate of drug-likeness (QED) is 0.771. The first kappa shape index (κ1) is 12.8. The summed E-state index contributed by atoms with van der Waals surface area (Å²) in [6.45, 7) is 7.74. The van der Waals surface area contributed by atoms with E-state index in [1.807, 2.05) is 0 Å². The van der Waals surface area contributed by atoms with Crippen molar-refractivity contribution in [2.75, 3.05) is 6.54 Å². The van der Waals surface area contributed by atoms with Crippen LogP contribution < -0.4 is 11.1 Å². The summed E-state index contributed by atoms with van der Waals surface area (Å²) in [5.74, 6) is 0.651. The summed E-state index contributed by atoms with van der Waals surface area (Å²) in [4.78, 5) is 0. The van der Waals surface area contributed by atoms with Crippen molar-refractivity contribution in [3.63, 3.8) is 0 Å². The zero-order valence-corrected chi connectivity index (χ0v) is 11.4. The highest BCUT2D eigenvalue weighted by Gasteiger charge is 2.23.